The van der Waals surface area contributed by atoms with Crippen molar-refractivity contribution in [3.05, 3.63) is 42.5 Å². The number of benzene rings is 2. The van der Waals surface area contributed by atoms with Crippen molar-refractivity contribution in [1.82, 2.24) is 0 Å². The molecule has 4 nitrogen and oxygen atoms in total. The fourth-order valence-electron chi connectivity index (χ4n) is 2.22. The maximum Gasteiger partial charge on any atom is 0.325 e. The fourth-order valence-corrected chi connectivity index (χ4v) is 2.86. The predicted octanol–water partition coefficient (Wildman–Crippen LogP) is 3.96. The standard InChI is InChI=1S/C16H21O4P/c17-21(18,19)12-6-2-1-5-11-20-16-10-9-14-7-3-4-8-15(14)13-16/h3-4,7-10,13H,1-2,5-6,11-12H2,(H2,17,18,19). The van der Waals surface area contributed by atoms with Crippen molar-refractivity contribution in [2.75, 3.05) is 12.8 Å². The molecule has 0 saturated carbocycles. The van der Waals surface area contributed by atoms with Gasteiger partial charge in [-0.2, -0.15) is 0 Å². The quantitative estimate of drug-likeness (QED) is 0.572. The SMILES string of the molecule is O=P(O)(O)CCCCCCOc1ccc2ccccc2c1. The van der Waals surface area contributed by atoms with Crippen LogP contribution in [0.2, 0.25) is 0 Å². The van der Waals surface area contributed by atoms with E-state index < -0.39 is 7.60 Å². The molecular formula is C16H21O4P. The zero-order valence-corrected chi connectivity index (χ0v) is 12.8. The third-order valence-corrected chi connectivity index (χ3v) is 4.23. The summed E-state index contributed by atoms with van der Waals surface area (Å²) in [5.41, 5.74) is 0. The van der Waals surface area contributed by atoms with E-state index in [1.54, 1.807) is 0 Å². The van der Waals surface area contributed by atoms with Crippen molar-refractivity contribution in [2.45, 2.75) is 25.7 Å². The molecule has 0 saturated heterocycles. The first-order valence-electron chi connectivity index (χ1n) is 7.21. The monoisotopic (exact) mass is 308 g/mol. The molecule has 0 atom stereocenters. The van der Waals surface area contributed by atoms with Crippen LogP contribution in [-0.2, 0) is 4.57 Å². The summed E-state index contributed by atoms with van der Waals surface area (Å²) in [6, 6.07) is 14.2. The third-order valence-electron chi connectivity index (χ3n) is 3.33. The van der Waals surface area contributed by atoms with Crippen molar-refractivity contribution >= 4 is 18.4 Å². The van der Waals surface area contributed by atoms with Crippen molar-refractivity contribution in [3.8, 4) is 5.75 Å². The molecule has 2 rings (SSSR count). The Morgan fingerprint density at radius 2 is 1.62 bits per heavy atom. The van der Waals surface area contributed by atoms with Gasteiger partial charge in [0.1, 0.15) is 5.75 Å². The van der Waals surface area contributed by atoms with Gasteiger partial charge in [0.25, 0.3) is 0 Å². The Bertz CT molecular complexity index is 620. The molecule has 21 heavy (non-hydrogen) atoms. The minimum Gasteiger partial charge on any atom is -0.494 e. The number of hydrogen-bond acceptors (Lipinski definition) is 2. The summed E-state index contributed by atoms with van der Waals surface area (Å²) in [7, 11) is -3.82. The van der Waals surface area contributed by atoms with Crippen LogP contribution in [0.3, 0.4) is 0 Å². The summed E-state index contributed by atoms with van der Waals surface area (Å²) in [5, 5.41) is 2.36. The molecule has 0 aliphatic heterocycles. The second-order valence-electron chi connectivity index (χ2n) is 5.16. The van der Waals surface area contributed by atoms with E-state index in [9.17, 15) is 4.57 Å². The highest BCUT2D eigenvalue weighted by atomic mass is 31.2. The molecule has 0 amide bonds. The predicted molar refractivity (Wildman–Crippen MR) is 84.8 cm³/mol. The van der Waals surface area contributed by atoms with Gasteiger partial charge in [-0.15, -0.1) is 0 Å². The Kier molecular flexibility index (Phi) is 5.80. The molecule has 2 aromatic rings. The van der Waals surface area contributed by atoms with Crippen LogP contribution in [0.25, 0.3) is 10.8 Å². The average Bonchev–Trinajstić information content (AvgIpc) is 2.45. The zero-order valence-electron chi connectivity index (χ0n) is 11.9. The molecule has 114 valence electrons. The summed E-state index contributed by atoms with van der Waals surface area (Å²) in [5.74, 6) is 0.865. The lowest BCUT2D eigenvalue weighted by Crippen LogP contribution is -1.97. The lowest BCUT2D eigenvalue weighted by Gasteiger charge is -2.07. The van der Waals surface area contributed by atoms with Gasteiger partial charge >= 0.3 is 7.60 Å². The lowest BCUT2D eigenvalue weighted by molar-refractivity contribution is 0.305. The van der Waals surface area contributed by atoms with Gasteiger partial charge < -0.3 is 14.5 Å². The van der Waals surface area contributed by atoms with Crippen LogP contribution in [0.4, 0.5) is 0 Å². The van der Waals surface area contributed by atoms with E-state index in [1.165, 1.54) is 5.39 Å². The van der Waals surface area contributed by atoms with Crippen LogP contribution in [-0.4, -0.2) is 22.6 Å². The summed E-state index contributed by atoms with van der Waals surface area (Å²) in [6.07, 6.45) is 3.20. The highest BCUT2D eigenvalue weighted by Gasteiger charge is 2.10. The molecule has 2 aromatic carbocycles. The van der Waals surface area contributed by atoms with Crippen LogP contribution in [0.5, 0.6) is 5.75 Å². The highest BCUT2D eigenvalue weighted by molar-refractivity contribution is 7.51. The third kappa shape index (κ3) is 5.88. The second kappa shape index (κ2) is 7.60. The lowest BCUT2D eigenvalue weighted by atomic mass is 10.1. The van der Waals surface area contributed by atoms with E-state index in [1.807, 2.05) is 30.3 Å². The molecule has 5 heteroatoms. The molecule has 0 aromatic heterocycles. The minimum atomic E-state index is -3.82. The van der Waals surface area contributed by atoms with Crippen LogP contribution >= 0.6 is 7.60 Å². The van der Waals surface area contributed by atoms with E-state index in [-0.39, 0.29) is 6.16 Å². The highest BCUT2D eigenvalue weighted by Crippen LogP contribution is 2.35. The van der Waals surface area contributed by atoms with Gasteiger partial charge in [0.05, 0.1) is 6.61 Å². The van der Waals surface area contributed by atoms with Gasteiger partial charge in [-0.05, 0) is 35.7 Å². The van der Waals surface area contributed by atoms with E-state index in [4.69, 9.17) is 14.5 Å². The van der Waals surface area contributed by atoms with Gasteiger partial charge in [-0.25, -0.2) is 0 Å². The fraction of sp³-hybridized carbons (Fsp3) is 0.375. The molecule has 0 fully saturated rings. The van der Waals surface area contributed by atoms with Crippen LogP contribution < -0.4 is 4.74 Å². The van der Waals surface area contributed by atoms with Gasteiger partial charge in [-0.3, -0.25) is 4.57 Å². The Labute approximate surface area is 124 Å². The molecule has 2 N–H and O–H groups in total. The molecule has 0 spiro atoms. The first-order valence-corrected chi connectivity index (χ1v) is 9.00. The Hall–Kier alpha value is -1.35. The summed E-state index contributed by atoms with van der Waals surface area (Å²) in [4.78, 5) is 17.5. The van der Waals surface area contributed by atoms with Gasteiger partial charge in [0.15, 0.2) is 0 Å². The molecule has 0 unspecified atom stereocenters. The topological polar surface area (TPSA) is 66.8 Å². The number of rotatable bonds is 8. The van der Waals surface area contributed by atoms with E-state index >= 15 is 0 Å². The van der Waals surface area contributed by atoms with Crippen LogP contribution in [0.1, 0.15) is 25.7 Å². The maximum absolute atomic E-state index is 10.7. The molecule has 0 aliphatic rings. The minimum absolute atomic E-state index is 0.0153. The molecular weight excluding hydrogens is 287 g/mol. The largest absolute Gasteiger partial charge is 0.494 e. The smallest absolute Gasteiger partial charge is 0.325 e. The molecule has 0 bridgehead atoms. The van der Waals surface area contributed by atoms with Crippen molar-refractivity contribution in [1.29, 1.82) is 0 Å². The molecule has 0 aliphatic carbocycles. The van der Waals surface area contributed by atoms with E-state index in [0.29, 0.717) is 13.0 Å². The maximum atomic E-state index is 10.7. The summed E-state index contributed by atoms with van der Waals surface area (Å²) >= 11 is 0. The van der Waals surface area contributed by atoms with Gasteiger partial charge in [0.2, 0.25) is 0 Å². The number of hydrogen-bond donors (Lipinski definition) is 2. The van der Waals surface area contributed by atoms with Crippen LogP contribution in [0, 0.1) is 0 Å². The molecule has 0 heterocycles. The summed E-state index contributed by atoms with van der Waals surface area (Å²) < 4.78 is 16.4. The Morgan fingerprint density at radius 1 is 0.905 bits per heavy atom. The zero-order chi connectivity index (χ0) is 15.1. The van der Waals surface area contributed by atoms with Crippen LogP contribution in [0.15, 0.2) is 42.5 Å². The summed E-state index contributed by atoms with van der Waals surface area (Å²) in [6.45, 7) is 0.633. The van der Waals surface area contributed by atoms with Crippen molar-refractivity contribution in [2.24, 2.45) is 0 Å². The first-order chi connectivity index (χ1) is 10.0. The van der Waals surface area contributed by atoms with Crippen molar-refractivity contribution in [3.63, 3.8) is 0 Å². The average molecular weight is 308 g/mol. The Balaban J connectivity index is 1.67. The first kappa shape index (κ1) is 16.0. The van der Waals surface area contributed by atoms with Gasteiger partial charge in [-0.1, -0.05) is 43.2 Å². The Morgan fingerprint density at radius 3 is 2.38 bits per heavy atom. The number of fused-ring (bicyclic) bond motifs is 1. The van der Waals surface area contributed by atoms with E-state index in [2.05, 4.69) is 12.1 Å². The molecule has 0 radical (unpaired) electrons. The van der Waals surface area contributed by atoms with Gasteiger partial charge in [0, 0.05) is 6.16 Å². The number of ether oxygens (including phenoxy) is 1. The normalized spacial score (nSPS) is 11.7. The van der Waals surface area contributed by atoms with E-state index in [0.717, 1.165) is 30.4 Å². The second-order valence-corrected chi connectivity index (χ2v) is 6.94. The van der Waals surface area contributed by atoms with Crippen molar-refractivity contribution < 1.29 is 19.1 Å². The number of unbranched alkanes of at least 4 members (excludes halogenated alkanes) is 3.